The first kappa shape index (κ1) is 16.6. The highest BCUT2D eigenvalue weighted by molar-refractivity contribution is 5.39. The highest BCUT2D eigenvalue weighted by atomic mass is 19.4. The van der Waals surface area contributed by atoms with Gasteiger partial charge in [-0.2, -0.15) is 0 Å². The van der Waals surface area contributed by atoms with Gasteiger partial charge in [-0.1, -0.05) is 26.0 Å². The fourth-order valence-electron chi connectivity index (χ4n) is 1.59. The second-order valence-electron chi connectivity index (χ2n) is 4.61. The molecule has 1 aromatic carbocycles. The maximum atomic E-state index is 12.2. The van der Waals surface area contributed by atoms with Crippen LogP contribution in [0.1, 0.15) is 20.3 Å². The Hall–Kier alpha value is -1.43. The molecule has 0 heterocycles. The number of alkyl halides is 3. The van der Waals surface area contributed by atoms with E-state index in [0.29, 0.717) is 6.61 Å². The van der Waals surface area contributed by atoms with Crippen molar-refractivity contribution in [2.75, 3.05) is 19.7 Å². The molecule has 0 aromatic heterocycles. The van der Waals surface area contributed by atoms with Gasteiger partial charge < -0.3 is 14.8 Å². The number of para-hydroxylation sites is 2. The van der Waals surface area contributed by atoms with Crippen molar-refractivity contribution in [2.24, 2.45) is 5.92 Å². The fraction of sp³-hybridized carbons (Fsp3) is 0.571. The zero-order valence-corrected chi connectivity index (χ0v) is 11.7. The van der Waals surface area contributed by atoms with Gasteiger partial charge in [0.2, 0.25) is 0 Å². The predicted molar refractivity (Wildman–Crippen MR) is 70.9 cm³/mol. The summed E-state index contributed by atoms with van der Waals surface area (Å²) in [5.74, 6) is -0.0126. The molecule has 20 heavy (non-hydrogen) atoms. The van der Waals surface area contributed by atoms with Gasteiger partial charge in [0.1, 0.15) is 0 Å². The van der Waals surface area contributed by atoms with Crippen molar-refractivity contribution in [3.05, 3.63) is 24.3 Å². The van der Waals surface area contributed by atoms with Crippen LogP contribution in [0.25, 0.3) is 0 Å². The second kappa shape index (κ2) is 7.99. The summed E-state index contributed by atoms with van der Waals surface area (Å²) in [5.41, 5.74) is 0. The molecular weight excluding hydrogens is 271 g/mol. The van der Waals surface area contributed by atoms with E-state index in [1.807, 2.05) is 6.92 Å². The monoisotopic (exact) mass is 291 g/mol. The first-order valence-electron chi connectivity index (χ1n) is 6.60. The van der Waals surface area contributed by atoms with Gasteiger partial charge in [0.05, 0.1) is 6.61 Å². The second-order valence-corrected chi connectivity index (χ2v) is 4.61. The van der Waals surface area contributed by atoms with Crippen molar-refractivity contribution in [1.82, 2.24) is 5.32 Å². The third kappa shape index (κ3) is 6.65. The molecule has 1 atom stereocenters. The van der Waals surface area contributed by atoms with Crippen molar-refractivity contribution in [2.45, 2.75) is 26.6 Å². The summed E-state index contributed by atoms with van der Waals surface area (Å²) >= 11 is 0. The number of hydrogen-bond donors (Lipinski definition) is 1. The Kier molecular flexibility index (Phi) is 6.64. The van der Waals surface area contributed by atoms with Crippen LogP contribution in [0.2, 0.25) is 0 Å². The third-order valence-corrected chi connectivity index (χ3v) is 2.52. The van der Waals surface area contributed by atoms with Crippen LogP contribution in [-0.2, 0) is 0 Å². The molecule has 0 fully saturated rings. The van der Waals surface area contributed by atoms with E-state index in [1.54, 1.807) is 6.07 Å². The lowest BCUT2D eigenvalue weighted by atomic mass is 10.2. The van der Waals surface area contributed by atoms with E-state index >= 15 is 0 Å². The van der Waals surface area contributed by atoms with E-state index < -0.39 is 6.36 Å². The van der Waals surface area contributed by atoms with Crippen LogP contribution in [0.5, 0.6) is 11.5 Å². The lowest BCUT2D eigenvalue weighted by Gasteiger charge is -2.17. The maximum absolute atomic E-state index is 12.2. The Morgan fingerprint density at radius 3 is 2.45 bits per heavy atom. The molecule has 0 aliphatic heterocycles. The number of halogens is 3. The molecule has 0 aliphatic rings. The summed E-state index contributed by atoms with van der Waals surface area (Å²) in [4.78, 5) is 0. The van der Waals surface area contributed by atoms with Crippen LogP contribution in [0, 0.1) is 5.92 Å². The molecular formula is C14H20F3NO2. The minimum atomic E-state index is -4.71. The van der Waals surface area contributed by atoms with Gasteiger partial charge in [0.25, 0.3) is 0 Å². The number of nitrogens with one attached hydrogen (secondary N) is 1. The molecule has 0 aliphatic carbocycles. The van der Waals surface area contributed by atoms with E-state index in [4.69, 9.17) is 4.74 Å². The molecule has 0 bridgehead atoms. The van der Waals surface area contributed by atoms with Gasteiger partial charge in [0.15, 0.2) is 11.5 Å². The van der Waals surface area contributed by atoms with E-state index in [0.717, 1.165) is 19.5 Å². The summed E-state index contributed by atoms with van der Waals surface area (Å²) in [7, 11) is 0. The van der Waals surface area contributed by atoms with E-state index in [-0.39, 0.29) is 17.4 Å². The fourth-order valence-corrected chi connectivity index (χ4v) is 1.59. The Morgan fingerprint density at radius 2 is 1.85 bits per heavy atom. The quantitative estimate of drug-likeness (QED) is 0.742. The van der Waals surface area contributed by atoms with Crippen LogP contribution in [0.3, 0.4) is 0 Å². The first-order chi connectivity index (χ1) is 9.42. The van der Waals surface area contributed by atoms with Gasteiger partial charge >= 0.3 is 6.36 Å². The third-order valence-electron chi connectivity index (χ3n) is 2.52. The molecule has 0 spiro atoms. The number of benzene rings is 1. The van der Waals surface area contributed by atoms with Gasteiger partial charge in [-0.25, -0.2) is 0 Å². The lowest BCUT2D eigenvalue weighted by molar-refractivity contribution is -0.275. The van der Waals surface area contributed by atoms with Crippen LogP contribution in [0.4, 0.5) is 13.2 Å². The number of ether oxygens (including phenoxy) is 2. The van der Waals surface area contributed by atoms with Crippen LogP contribution < -0.4 is 14.8 Å². The maximum Gasteiger partial charge on any atom is 0.573 e. The Balaban J connectivity index is 2.51. The zero-order valence-electron chi connectivity index (χ0n) is 11.7. The van der Waals surface area contributed by atoms with Crippen molar-refractivity contribution >= 4 is 0 Å². The summed E-state index contributed by atoms with van der Waals surface area (Å²) in [6.45, 7) is 6.04. The van der Waals surface area contributed by atoms with Crippen LogP contribution in [0.15, 0.2) is 24.3 Å². The normalized spacial score (nSPS) is 13.1. The Bertz CT molecular complexity index is 396. The number of hydrogen-bond acceptors (Lipinski definition) is 3. The van der Waals surface area contributed by atoms with E-state index in [1.165, 1.54) is 18.2 Å². The molecule has 1 N–H and O–H groups in total. The predicted octanol–water partition coefficient (Wildman–Crippen LogP) is 3.60. The van der Waals surface area contributed by atoms with Crippen molar-refractivity contribution in [3.63, 3.8) is 0 Å². The standard InChI is InChI=1S/C14H20F3NO2/c1-3-8-18-9-11(2)10-19-12-6-4-5-7-13(12)20-14(15,16)17/h4-7,11,18H,3,8-10H2,1-2H3. The number of rotatable bonds is 8. The van der Waals surface area contributed by atoms with Gasteiger partial charge in [0, 0.05) is 12.5 Å². The molecule has 0 saturated heterocycles. The molecule has 1 rings (SSSR count). The molecule has 3 nitrogen and oxygen atoms in total. The van der Waals surface area contributed by atoms with Gasteiger partial charge in [-0.3, -0.25) is 0 Å². The molecule has 114 valence electrons. The van der Waals surface area contributed by atoms with Crippen molar-refractivity contribution < 1.29 is 22.6 Å². The largest absolute Gasteiger partial charge is 0.573 e. The average Bonchev–Trinajstić information content (AvgIpc) is 2.36. The summed E-state index contributed by atoms with van der Waals surface area (Å²) in [5, 5.41) is 3.23. The van der Waals surface area contributed by atoms with E-state index in [9.17, 15) is 13.2 Å². The van der Waals surface area contributed by atoms with Crippen molar-refractivity contribution in [1.29, 1.82) is 0 Å². The Labute approximate surface area is 117 Å². The molecule has 0 amide bonds. The smallest absolute Gasteiger partial charge is 0.489 e. The molecule has 1 aromatic rings. The summed E-state index contributed by atoms with van der Waals surface area (Å²) in [6.07, 6.45) is -3.68. The SMILES string of the molecule is CCCNCC(C)COc1ccccc1OC(F)(F)F. The molecule has 1 unspecified atom stereocenters. The highest BCUT2D eigenvalue weighted by Gasteiger charge is 2.32. The summed E-state index contributed by atoms with van der Waals surface area (Å²) in [6, 6.07) is 5.79. The minimum Gasteiger partial charge on any atom is -0.489 e. The van der Waals surface area contributed by atoms with Crippen LogP contribution >= 0.6 is 0 Å². The Morgan fingerprint density at radius 1 is 1.20 bits per heavy atom. The highest BCUT2D eigenvalue weighted by Crippen LogP contribution is 2.31. The first-order valence-corrected chi connectivity index (χ1v) is 6.60. The molecule has 0 saturated carbocycles. The van der Waals surface area contributed by atoms with Crippen molar-refractivity contribution in [3.8, 4) is 11.5 Å². The summed E-state index contributed by atoms with van der Waals surface area (Å²) < 4.78 is 46.0. The minimum absolute atomic E-state index is 0.104. The average molecular weight is 291 g/mol. The van der Waals surface area contributed by atoms with Crippen LogP contribution in [-0.4, -0.2) is 26.1 Å². The molecule has 6 heteroatoms. The van der Waals surface area contributed by atoms with E-state index in [2.05, 4.69) is 17.0 Å². The lowest BCUT2D eigenvalue weighted by Crippen LogP contribution is -2.25. The van der Waals surface area contributed by atoms with Gasteiger partial charge in [-0.05, 0) is 25.1 Å². The topological polar surface area (TPSA) is 30.5 Å². The molecule has 0 radical (unpaired) electrons. The zero-order chi connectivity index (χ0) is 15.0. The van der Waals surface area contributed by atoms with Gasteiger partial charge in [-0.15, -0.1) is 13.2 Å².